The molecule has 0 saturated carbocycles. The first-order valence-electron chi connectivity index (χ1n) is 11.6. The van der Waals surface area contributed by atoms with Crippen LogP contribution in [0.1, 0.15) is 35.9 Å². The Morgan fingerprint density at radius 1 is 1.05 bits per heavy atom. The number of alkyl halides is 3. The van der Waals surface area contributed by atoms with Crippen LogP contribution in [0.3, 0.4) is 0 Å². The number of nitrogens with one attached hydrogen (secondary N) is 1. The molecule has 5 rings (SSSR count). The van der Waals surface area contributed by atoms with Crippen LogP contribution in [0.2, 0.25) is 0 Å². The van der Waals surface area contributed by atoms with Gasteiger partial charge in [0.1, 0.15) is 11.2 Å². The number of H-pyrrole nitrogens is 1. The lowest BCUT2D eigenvalue weighted by Gasteiger charge is -2.12. The number of halogens is 5. The maximum atomic E-state index is 15.3. The summed E-state index contributed by atoms with van der Waals surface area (Å²) >= 11 is 0. The molecule has 0 spiro atoms. The summed E-state index contributed by atoms with van der Waals surface area (Å²) in [6.45, 7) is 3.50. The summed E-state index contributed by atoms with van der Waals surface area (Å²) in [7, 11) is 0. The highest BCUT2D eigenvalue weighted by Gasteiger charge is 2.43. The number of imidazole rings is 1. The van der Waals surface area contributed by atoms with E-state index in [9.17, 15) is 27.2 Å². The Labute approximate surface area is 220 Å². The molecule has 10 nitrogen and oxygen atoms in total. The monoisotopic (exact) mass is 559 g/mol. The minimum absolute atomic E-state index is 0.0794. The topological polar surface area (TPSA) is 134 Å². The van der Waals surface area contributed by atoms with Gasteiger partial charge in [0.2, 0.25) is 0 Å². The summed E-state index contributed by atoms with van der Waals surface area (Å²) < 4.78 is 79.1. The van der Waals surface area contributed by atoms with E-state index in [-0.39, 0.29) is 38.9 Å². The molecule has 1 amide bonds. The average molecular weight is 559 g/mol. The van der Waals surface area contributed by atoms with Crippen LogP contribution < -0.4 is 16.2 Å². The smallest absolute Gasteiger partial charge is 0.434 e. The molecular formula is C25H18F5N7O3. The fourth-order valence-corrected chi connectivity index (χ4v) is 4.25. The number of fused-ring (bicyclic) bond motifs is 1. The molecule has 0 radical (unpaired) electrons. The van der Waals surface area contributed by atoms with Crippen molar-refractivity contribution in [2.45, 2.75) is 26.1 Å². The zero-order valence-corrected chi connectivity index (χ0v) is 20.6. The molecule has 3 N–H and O–H groups in total. The van der Waals surface area contributed by atoms with Gasteiger partial charge in [-0.2, -0.15) is 18.3 Å². The van der Waals surface area contributed by atoms with Gasteiger partial charge in [-0.1, -0.05) is 0 Å². The van der Waals surface area contributed by atoms with Crippen LogP contribution in [-0.2, 0) is 6.18 Å². The highest BCUT2D eigenvalue weighted by Crippen LogP contribution is 2.39. The molecule has 0 aliphatic carbocycles. The van der Waals surface area contributed by atoms with Gasteiger partial charge in [-0.15, -0.1) is 0 Å². The molecule has 0 unspecified atom stereocenters. The maximum Gasteiger partial charge on any atom is 0.434 e. The Bertz CT molecular complexity index is 1840. The largest absolute Gasteiger partial charge is 0.452 e. The lowest BCUT2D eigenvalue weighted by atomic mass is 10.0. The molecule has 0 fully saturated rings. The summed E-state index contributed by atoms with van der Waals surface area (Å²) in [5, 5.41) is 3.76. The van der Waals surface area contributed by atoms with Crippen molar-refractivity contribution in [3.8, 4) is 28.6 Å². The lowest BCUT2D eigenvalue weighted by molar-refractivity contribution is -0.143. The molecule has 4 heterocycles. The SMILES string of the molecule is CC(C)n1c(=O)[nH]c2nccc(Oc3ccc(-c4nn(-c5ncccc5F)c(C(F)(F)F)c4C(N)=O)cc3F)c21. The van der Waals surface area contributed by atoms with Gasteiger partial charge in [-0.25, -0.2) is 28.2 Å². The van der Waals surface area contributed by atoms with Crippen molar-refractivity contribution in [3.63, 3.8) is 0 Å². The molecule has 0 bridgehead atoms. The average Bonchev–Trinajstić information content (AvgIpc) is 3.44. The second kappa shape index (κ2) is 9.59. The van der Waals surface area contributed by atoms with E-state index in [1.54, 1.807) is 13.8 Å². The number of nitrogens with zero attached hydrogens (tertiary/aromatic N) is 5. The third-order valence-electron chi connectivity index (χ3n) is 5.85. The summed E-state index contributed by atoms with van der Waals surface area (Å²) in [6, 6.07) is 6.16. The second-order valence-electron chi connectivity index (χ2n) is 8.80. The van der Waals surface area contributed by atoms with Gasteiger partial charge in [-0.05, 0) is 44.2 Å². The fourth-order valence-electron chi connectivity index (χ4n) is 4.25. The minimum atomic E-state index is -5.21. The van der Waals surface area contributed by atoms with E-state index in [1.165, 1.54) is 16.8 Å². The number of carbonyl (C=O) groups is 1. The molecule has 0 atom stereocenters. The first-order valence-corrected chi connectivity index (χ1v) is 11.6. The number of rotatable bonds is 6. The van der Waals surface area contributed by atoms with Gasteiger partial charge in [-0.3, -0.25) is 14.3 Å². The van der Waals surface area contributed by atoms with Crippen LogP contribution in [0.25, 0.3) is 28.2 Å². The summed E-state index contributed by atoms with van der Waals surface area (Å²) in [6.07, 6.45) is -2.84. The quantitative estimate of drug-likeness (QED) is 0.289. The number of nitrogens with two attached hydrogens (primary N) is 1. The van der Waals surface area contributed by atoms with Gasteiger partial charge < -0.3 is 10.5 Å². The van der Waals surface area contributed by atoms with Crippen molar-refractivity contribution in [2.75, 3.05) is 0 Å². The number of hydrogen-bond donors (Lipinski definition) is 2. The van der Waals surface area contributed by atoms with E-state index in [2.05, 4.69) is 20.1 Å². The van der Waals surface area contributed by atoms with Crippen LogP contribution >= 0.6 is 0 Å². The lowest BCUT2D eigenvalue weighted by Crippen LogP contribution is -2.21. The summed E-state index contributed by atoms with van der Waals surface area (Å²) in [4.78, 5) is 34.8. The predicted molar refractivity (Wildman–Crippen MR) is 131 cm³/mol. The van der Waals surface area contributed by atoms with Crippen molar-refractivity contribution < 1.29 is 31.5 Å². The first kappa shape index (κ1) is 26.5. The van der Waals surface area contributed by atoms with Crippen LogP contribution in [-0.4, -0.2) is 35.2 Å². The van der Waals surface area contributed by atoms with Gasteiger partial charge in [0.25, 0.3) is 5.91 Å². The van der Waals surface area contributed by atoms with E-state index in [0.29, 0.717) is 0 Å². The number of aromatic nitrogens is 6. The summed E-state index contributed by atoms with van der Waals surface area (Å²) in [5.74, 6) is -4.83. The van der Waals surface area contributed by atoms with Gasteiger partial charge in [0.15, 0.2) is 40.3 Å². The number of aromatic amines is 1. The Morgan fingerprint density at radius 3 is 2.42 bits per heavy atom. The van der Waals surface area contributed by atoms with Crippen molar-refractivity contribution in [1.29, 1.82) is 0 Å². The van der Waals surface area contributed by atoms with E-state index in [4.69, 9.17) is 10.5 Å². The molecule has 5 aromatic rings. The molecule has 4 aromatic heterocycles. The van der Waals surface area contributed by atoms with Crippen LogP contribution in [0, 0.1) is 11.6 Å². The highest BCUT2D eigenvalue weighted by molar-refractivity contribution is 6.00. The molecule has 1 aromatic carbocycles. The number of pyridine rings is 2. The maximum absolute atomic E-state index is 15.3. The highest BCUT2D eigenvalue weighted by atomic mass is 19.4. The predicted octanol–water partition coefficient (Wildman–Crippen LogP) is 4.74. The molecular weight excluding hydrogens is 541 g/mol. The number of benzene rings is 1. The zero-order chi connectivity index (χ0) is 28.9. The second-order valence-corrected chi connectivity index (χ2v) is 8.80. The van der Waals surface area contributed by atoms with Gasteiger partial charge >= 0.3 is 11.9 Å². The third-order valence-corrected chi connectivity index (χ3v) is 5.85. The van der Waals surface area contributed by atoms with E-state index >= 15 is 4.39 Å². The Morgan fingerprint density at radius 2 is 1.80 bits per heavy atom. The molecule has 0 aliphatic rings. The Hall–Kier alpha value is -5.08. The van der Waals surface area contributed by atoms with Gasteiger partial charge in [0.05, 0.1) is 5.56 Å². The van der Waals surface area contributed by atoms with Crippen LogP contribution in [0.4, 0.5) is 22.0 Å². The van der Waals surface area contributed by atoms with Crippen molar-refractivity contribution >= 4 is 17.1 Å². The number of carbonyl (C=O) groups excluding carboxylic acids is 1. The number of hydrogen-bond acceptors (Lipinski definition) is 6. The van der Waals surface area contributed by atoms with Gasteiger partial charge in [0, 0.05) is 30.1 Å². The molecule has 0 saturated heterocycles. The Kier molecular flexibility index (Phi) is 6.36. The normalized spacial score (nSPS) is 11.9. The Balaban J connectivity index is 1.64. The number of amides is 1. The van der Waals surface area contributed by atoms with Crippen LogP contribution in [0.5, 0.6) is 11.5 Å². The first-order chi connectivity index (χ1) is 18.9. The third kappa shape index (κ3) is 4.44. The van der Waals surface area contributed by atoms with Crippen LogP contribution in [0.15, 0.2) is 53.6 Å². The zero-order valence-electron chi connectivity index (χ0n) is 20.6. The van der Waals surface area contributed by atoms with E-state index in [1.807, 2.05) is 0 Å². The molecule has 40 heavy (non-hydrogen) atoms. The van der Waals surface area contributed by atoms with Crippen molar-refractivity contribution in [2.24, 2.45) is 5.73 Å². The van der Waals surface area contributed by atoms with Crippen molar-refractivity contribution in [1.82, 2.24) is 29.3 Å². The summed E-state index contributed by atoms with van der Waals surface area (Å²) in [5.41, 5.74) is 1.59. The number of ether oxygens (including phenoxy) is 1. The molecule has 0 aliphatic heterocycles. The van der Waals surface area contributed by atoms with E-state index in [0.717, 1.165) is 36.5 Å². The van der Waals surface area contributed by atoms with Crippen molar-refractivity contribution in [3.05, 3.63) is 82.2 Å². The molecule has 15 heteroatoms. The fraction of sp³-hybridized carbons (Fsp3) is 0.160. The standard InChI is InChI=1S/C25H18F5N7O3/c1-11(2)36-19-16(7-9-32-22(19)34-24(36)39)40-15-6-5-12(10-14(15)27)18-17(21(31)38)20(25(28,29)30)37(35-18)23-13(26)4-3-8-33-23/h3-11H,1-2H3,(H2,31,38)(H,32,34,39). The van der Waals surface area contributed by atoms with E-state index < -0.39 is 52.2 Å². The minimum Gasteiger partial charge on any atom is -0.452 e. The number of primary amides is 1. The molecule has 206 valence electrons.